The predicted octanol–water partition coefficient (Wildman–Crippen LogP) is 2.79. The third-order valence-corrected chi connectivity index (χ3v) is 5.22. The first-order chi connectivity index (χ1) is 13.9. The lowest BCUT2D eigenvalue weighted by Crippen LogP contribution is -3.08. The quantitative estimate of drug-likeness (QED) is 0.631. The molecule has 3 rings (SSSR count). The molecule has 0 bridgehead atoms. The fraction of sp³-hybridized carbons (Fsp3) is 0.227. The number of nitrogens with zero attached hydrogens (tertiary/aromatic N) is 2. The summed E-state index contributed by atoms with van der Waals surface area (Å²) in [6.45, 7) is 4.46. The van der Waals surface area contributed by atoms with E-state index < -0.39 is 0 Å². The van der Waals surface area contributed by atoms with Gasteiger partial charge in [-0.15, -0.1) is 11.3 Å². The number of nitrogens with one attached hydrogen (secondary N) is 2. The number of thiazole rings is 1. The number of hydrogen-bond donors (Lipinski definition) is 2. The maximum Gasteiger partial charge on any atom is 0.279 e. The molecule has 0 radical (unpaired) electrons. The summed E-state index contributed by atoms with van der Waals surface area (Å²) in [5.74, 6) is -0.133. The van der Waals surface area contributed by atoms with E-state index in [1.165, 1.54) is 18.3 Å². The molecule has 0 saturated heterocycles. The molecule has 0 aliphatic carbocycles. The molecule has 150 valence electrons. The van der Waals surface area contributed by atoms with Crippen LogP contribution >= 0.6 is 11.3 Å². The molecule has 1 atom stereocenters. The molecule has 0 spiro atoms. The highest BCUT2D eigenvalue weighted by molar-refractivity contribution is 7.14. The standard InChI is InChI=1S/C22H24N4O2S/c1-16-9-11-18(12-10-16)23-21(28)14-25(3)13-19-15-29-22(24-19)26(17(2)27)20-7-5-4-6-8-20/h4-12,15H,13-14H2,1-3H3,(H,23,28)/p+1. The Balaban J connectivity index is 1.60. The molecule has 0 fully saturated rings. The van der Waals surface area contributed by atoms with Gasteiger partial charge in [0.05, 0.1) is 12.7 Å². The highest BCUT2D eigenvalue weighted by Crippen LogP contribution is 2.28. The van der Waals surface area contributed by atoms with Crippen LogP contribution in [0.3, 0.4) is 0 Å². The van der Waals surface area contributed by atoms with Crippen molar-refractivity contribution in [2.24, 2.45) is 0 Å². The normalized spacial score (nSPS) is 11.7. The number of anilines is 3. The van der Waals surface area contributed by atoms with Gasteiger partial charge in [0.25, 0.3) is 5.91 Å². The Morgan fingerprint density at radius 2 is 1.79 bits per heavy atom. The summed E-state index contributed by atoms with van der Waals surface area (Å²) in [5.41, 5.74) is 3.59. The van der Waals surface area contributed by atoms with Gasteiger partial charge in [-0.05, 0) is 31.2 Å². The van der Waals surface area contributed by atoms with Gasteiger partial charge in [0, 0.05) is 18.0 Å². The lowest BCUT2D eigenvalue weighted by Gasteiger charge is -2.17. The SMILES string of the molecule is CC(=O)N(c1ccccc1)c1nc(C[NH+](C)CC(=O)Nc2ccc(C)cc2)cs1. The van der Waals surface area contributed by atoms with E-state index in [9.17, 15) is 9.59 Å². The van der Waals surface area contributed by atoms with E-state index in [0.717, 1.165) is 27.5 Å². The number of quaternary nitrogens is 1. The molecule has 0 saturated carbocycles. The Kier molecular flexibility index (Phi) is 6.74. The lowest BCUT2D eigenvalue weighted by atomic mass is 10.2. The molecule has 0 aliphatic heterocycles. The van der Waals surface area contributed by atoms with E-state index in [4.69, 9.17) is 0 Å². The number of aryl methyl sites for hydroxylation is 1. The molecule has 2 amide bonds. The number of carbonyl (C=O) groups excluding carboxylic acids is 2. The van der Waals surface area contributed by atoms with Gasteiger partial charge in [-0.2, -0.15) is 0 Å². The molecule has 7 heteroatoms. The number of para-hydroxylation sites is 1. The Labute approximate surface area is 174 Å². The van der Waals surface area contributed by atoms with Crippen molar-refractivity contribution in [3.8, 4) is 0 Å². The Morgan fingerprint density at radius 1 is 1.10 bits per heavy atom. The van der Waals surface area contributed by atoms with Crippen molar-refractivity contribution in [2.75, 3.05) is 23.8 Å². The molecule has 0 aliphatic rings. The maximum atomic E-state index is 12.3. The average Bonchev–Trinajstić information content (AvgIpc) is 3.11. The molecule has 1 heterocycles. The number of rotatable bonds is 7. The van der Waals surface area contributed by atoms with Crippen molar-refractivity contribution in [3.63, 3.8) is 0 Å². The second-order valence-electron chi connectivity index (χ2n) is 7.04. The summed E-state index contributed by atoms with van der Waals surface area (Å²) >= 11 is 1.43. The van der Waals surface area contributed by atoms with Crippen LogP contribution in [-0.4, -0.2) is 30.4 Å². The zero-order chi connectivity index (χ0) is 20.8. The van der Waals surface area contributed by atoms with Crippen LogP contribution in [0, 0.1) is 6.92 Å². The van der Waals surface area contributed by atoms with E-state index >= 15 is 0 Å². The largest absolute Gasteiger partial charge is 0.325 e. The van der Waals surface area contributed by atoms with E-state index in [1.54, 1.807) is 4.90 Å². The molecule has 6 nitrogen and oxygen atoms in total. The molecular formula is C22H25N4O2S+. The minimum absolute atomic E-state index is 0.0449. The van der Waals surface area contributed by atoms with E-state index in [-0.39, 0.29) is 11.8 Å². The van der Waals surface area contributed by atoms with Crippen molar-refractivity contribution in [1.82, 2.24) is 4.98 Å². The Bertz CT molecular complexity index is 970. The monoisotopic (exact) mass is 409 g/mol. The smallest absolute Gasteiger partial charge is 0.279 e. The van der Waals surface area contributed by atoms with Crippen molar-refractivity contribution >= 4 is 39.7 Å². The first-order valence-corrected chi connectivity index (χ1v) is 10.3. The number of amides is 2. The molecule has 29 heavy (non-hydrogen) atoms. The molecule has 2 N–H and O–H groups in total. The van der Waals surface area contributed by atoms with Gasteiger partial charge < -0.3 is 10.2 Å². The van der Waals surface area contributed by atoms with Gasteiger partial charge in [-0.25, -0.2) is 4.98 Å². The summed E-state index contributed by atoms with van der Waals surface area (Å²) in [4.78, 5) is 31.7. The third-order valence-electron chi connectivity index (χ3n) is 4.34. The van der Waals surface area contributed by atoms with Crippen molar-refractivity contribution < 1.29 is 14.5 Å². The predicted molar refractivity (Wildman–Crippen MR) is 117 cm³/mol. The third kappa shape index (κ3) is 5.73. The fourth-order valence-corrected chi connectivity index (χ4v) is 3.86. The van der Waals surface area contributed by atoms with Crippen molar-refractivity contribution in [1.29, 1.82) is 0 Å². The number of aromatic nitrogens is 1. The maximum absolute atomic E-state index is 12.3. The molecule has 3 aromatic rings. The summed E-state index contributed by atoms with van der Waals surface area (Å²) in [6.07, 6.45) is 0. The van der Waals surface area contributed by atoms with Gasteiger partial charge in [-0.1, -0.05) is 35.9 Å². The van der Waals surface area contributed by atoms with Crippen molar-refractivity contribution in [3.05, 3.63) is 71.2 Å². The van der Waals surface area contributed by atoms with Crippen LogP contribution in [-0.2, 0) is 16.1 Å². The Hall–Kier alpha value is -3.03. The molecule has 1 unspecified atom stereocenters. The average molecular weight is 410 g/mol. The van der Waals surface area contributed by atoms with Gasteiger partial charge in [0.15, 0.2) is 11.7 Å². The minimum atomic E-state index is -0.0877. The van der Waals surface area contributed by atoms with Crippen LogP contribution < -0.4 is 15.1 Å². The summed E-state index contributed by atoms with van der Waals surface area (Å²) in [5, 5.41) is 5.49. The Morgan fingerprint density at radius 3 is 2.45 bits per heavy atom. The first-order valence-electron chi connectivity index (χ1n) is 9.40. The molecule has 1 aromatic heterocycles. The number of likely N-dealkylation sites (N-methyl/N-ethyl adjacent to an activating group) is 1. The van der Waals surface area contributed by atoms with E-state index in [2.05, 4.69) is 10.3 Å². The zero-order valence-electron chi connectivity index (χ0n) is 16.8. The number of benzene rings is 2. The van der Waals surface area contributed by atoms with Crippen LogP contribution in [0.1, 0.15) is 18.2 Å². The van der Waals surface area contributed by atoms with Crippen LogP contribution in [0.15, 0.2) is 60.0 Å². The van der Waals surface area contributed by atoms with Crippen LogP contribution in [0.5, 0.6) is 0 Å². The minimum Gasteiger partial charge on any atom is -0.325 e. The topological polar surface area (TPSA) is 66.7 Å². The van der Waals surface area contributed by atoms with Gasteiger partial charge in [0.1, 0.15) is 12.2 Å². The first kappa shape index (κ1) is 20.7. The van der Waals surface area contributed by atoms with Crippen LogP contribution in [0.4, 0.5) is 16.5 Å². The zero-order valence-corrected chi connectivity index (χ0v) is 17.6. The number of hydrogen-bond acceptors (Lipinski definition) is 4. The lowest BCUT2D eigenvalue weighted by molar-refractivity contribution is -0.885. The second-order valence-corrected chi connectivity index (χ2v) is 7.87. The van der Waals surface area contributed by atoms with E-state index in [0.29, 0.717) is 18.2 Å². The van der Waals surface area contributed by atoms with Gasteiger partial charge in [0.2, 0.25) is 5.91 Å². The second kappa shape index (κ2) is 9.45. The highest BCUT2D eigenvalue weighted by atomic mass is 32.1. The van der Waals surface area contributed by atoms with Gasteiger partial charge >= 0.3 is 0 Å². The molecule has 2 aromatic carbocycles. The van der Waals surface area contributed by atoms with Crippen LogP contribution in [0.25, 0.3) is 0 Å². The van der Waals surface area contributed by atoms with Crippen molar-refractivity contribution in [2.45, 2.75) is 20.4 Å². The van der Waals surface area contributed by atoms with E-state index in [1.807, 2.05) is 73.9 Å². The fourth-order valence-electron chi connectivity index (χ4n) is 2.97. The summed E-state index contributed by atoms with van der Waals surface area (Å²) in [6, 6.07) is 17.2. The number of carbonyl (C=O) groups is 2. The molecular weight excluding hydrogens is 384 g/mol. The summed E-state index contributed by atoms with van der Waals surface area (Å²) in [7, 11) is 1.95. The highest BCUT2D eigenvalue weighted by Gasteiger charge is 2.19. The van der Waals surface area contributed by atoms with Crippen LogP contribution in [0.2, 0.25) is 0 Å². The summed E-state index contributed by atoms with van der Waals surface area (Å²) < 4.78 is 0. The van der Waals surface area contributed by atoms with Gasteiger partial charge in [-0.3, -0.25) is 14.5 Å².